The molecule has 29 heavy (non-hydrogen) atoms. The topological polar surface area (TPSA) is 76.2 Å². The Kier molecular flexibility index (Phi) is 6.57. The normalized spacial score (nSPS) is 11.0. The highest BCUT2D eigenvalue weighted by Crippen LogP contribution is 2.26. The van der Waals surface area contributed by atoms with E-state index in [1.54, 1.807) is 36.4 Å². The maximum Gasteiger partial charge on any atom is 0.269 e. The number of nitriles is 1. The van der Waals surface area contributed by atoms with Crippen molar-refractivity contribution in [2.45, 2.75) is 6.61 Å². The molecule has 3 rings (SSSR count). The third-order valence-corrected chi connectivity index (χ3v) is 4.91. The fourth-order valence-corrected chi connectivity index (χ4v) is 3.30. The summed E-state index contributed by atoms with van der Waals surface area (Å²) in [6.07, 6.45) is 1.69. The number of allylic oxidation sites excluding steroid dienone is 1. The van der Waals surface area contributed by atoms with E-state index in [9.17, 15) is 19.8 Å². The molecular weight excluding hydrogens is 486 g/mol. The van der Waals surface area contributed by atoms with Crippen LogP contribution >= 0.6 is 22.6 Å². The Morgan fingerprint density at radius 1 is 1.17 bits per heavy atom. The lowest BCUT2D eigenvalue weighted by atomic mass is 10.0. The zero-order valence-corrected chi connectivity index (χ0v) is 17.2. The highest BCUT2D eigenvalue weighted by Gasteiger charge is 2.07. The van der Waals surface area contributed by atoms with E-state index in [1.807, 2.05) is 12.1 Å². The Hall–Kier alpha value is -3.25. The fraction of sp³-hybridized carbons (Fsp3) is 0.0455. The van der Waals surface area contributed by atoms with Crippen LogP contribution in [0.2, 0.25) is 0 Å². The molecule has 0 aliphatic carbocycles. The third-order valence-electron chi connectivity index (χ3n) is 4.06. The first-order valence-corrected chi connectivity index (χ1v) is 9.57. The van der Waals surface area contributed by atoms with Crippen LogP contribution in [0.15, 0.2) is 66.7 Å². The first kappa shape index (κ1) is 20.5. The van der Waals surface area contributed by atoms with Gasteiger partial charge in [0.05, 0.1) is 20.1 Å². The molecule has 0 spiro atoms. The second-order valence-corrected chi connectivity index (χ2v) is 7.24. The van der Waals surface area contributed by atoms with E-state index in [0.717, 1.165) is 14.7 Å². The van der Waals surface area contributed by atoms with Gasteiger partial charge in [-0.3, -0.25) is 10.1 Å². The lowest BCUT2D eigenvalue weighted by molar-refractivity contribution is -0.384. The Labute approximate surface area is 180 Å². The first-order valence-electron chi connectivity index (χ1n) is 8.49. The van der Waals surface area contributed by atoms with Crippen LogP contribution in [0, 0.1) is 30.8 Å². The summed E-state index contributed by atoms with van der Waals surface area (Å²) < 4.78 is 20.1. The molecule has 0 bridgehead atoms. The minimum absolute atomic E-state index is 0.0334. The number of hydrogen-bond acceptors (Lipinski definition) is 4. The van der Waals surface area contributed by atoms with Crippen LogP contribution in [-0.2, 0) is 6.61 Å². The monoisotopic (exact) mass is 500 g/mol. The van der Waals surface area contributed by atoms with Crippen LogP contribution in [0.5, 0.6) is 5.75 Å². The fourth-order valence-electron chi connectivity index (χ4n) is 2.60. The minimum Gasteiger partial charge on any atom is -0.488 e. The van der Waals surface area contributed by atoms with Crippen molar-refractivity contribution in [3.05, 3.63) is 103 Å². The molecule has 0 N–H and O–H groups in total. The van der Waals surface area contributed by atoms with Crippen molar-refractivity contribution < 1.29 is 14.1 Å². The lowest BCUT2D eigenvalue weighted by Gasteiger charge is -2.09. The Bertz CT molecular complexity index is 1120. The molecule has 0 radical (unpaired) electrons. The molecular formula is C22H14FIN2O3. The first-order chi connectivity index (χ1) is 14.0. The molecule has 0 fully saturated rings. The summed E-state index contributed by atoms with van der Waals surface area (Å²) in [5.41, 5.74) is 2.51. The molecule has 7 heteroatoms. The second kappa shape index (κ2) is 9.30. The van der Waals surface area contributed by atoms with E-state index in [4.69, 9.17) is 4.74 Å². The van der Waals surface area contributed by atoms with E-state index in [-0.39, 0.29) is 12.3 Å². The Morgan fingerprint density at radius 3 is 2.55 bits per heavy atom. The smallest absolute Gasteiger partial charge is 0.269 e. The van der Waals surface area contributed by atoms with Gasteiger partial charge in [0.15, 0.2) is 0 Å². The molecule has 0 unspecified atom stereocenters. The van der Waals surface area contributed by atoms with Crippen molar-refractivity contribution in [1.82, 2.24) is 0 Å². The third kappa shape index (κ3) is 5.39. The van der Waals surface area contributed by atoms with Crippen molar-refractivity contribution in [2.75, 3.05) is 0 Å². The molecule has 0 saturated carbocycles. The van der Waals surface area contributed by atoms with Gasteiger partial charge in [0, 0.05) is 12.1 Å². The SMILES string of the molecule is N#C/C(=C/c1ccc(OCc2ccc([N+](=O)[O-])cc2)c(I)c1)c1cccc(F)c1. The van der Waals surface area contributed by atoms with Gasteiger partial charge in [-0.25, -0.2) is 4.39 Å². The molecule has 0 amide bonds. The number of ether oxygens (including phenoxy) is 1. The number of hydrogen-bond donors (Lipinski definition) is 0. The maximum atomic E-state index is 13.4. The molecule has 0 heterocycles. The summed E-state index contributed by atoms with van der Waals surface area (Å²) >= 11 is 2.14. The summed E-state index contributed by atoms with van der Waals surface area (Å²) in [5.74, 6) is 0.263. The number of nitro groups is 1. The molecule has 0 aliphatic rings. The van der Waals surface area contributed by atoms with Gasteiger partial charge in [-0.2, -0.15) is 5.26 Å². The zero-order valence-electron chi connectivity index (χ0n) is 15.0. The number of nitrogens with zero attached hydrogens (tertiary/aromatic N) is 2. The number of nitro benzene ring substituents is 1. The van der Waals surface area contributed by atoms with Crippen molar-refractivity contribution in [2.24, 2.45) is 0 Å². The highest BCUT2D eigenvalue weighted by atomic mass is 127. The van der Waals surface area contributed by atoms with E-state index >= 15 is 0 Å². The van der Waals surface area contributed by atoms with Gasteiger partial charge in [0.1, 0.15) is 18.2 Å². The van der Waals surface area contributed by atoms with Crippen molar-refractivity contribution in [1.29, 1.82) is 5.26 Å². The van der Waals surface area contributed by atoms with E-state index in [1.165, 1.54) is 24.3 Å². The van der Waals surface area contributed by atoms with E-state index in [0.29, 0.717) is 16.9 Å². The summed E-state index contributed by atoms with van der Waals surface area (Å²) in [5, 5.41) is 20.1. The predicted octanol–water partition coefficient (Wildman–Crippen LogP) is 5.98. The standard InChI is InChI=1S/C22H14FIN2O3/c23-19-3-1-2-17(12-19)18(13-25)10-16-6-9-22(21(24)11-16)29-14-15-4-7-20(8-5-15)26(27)28/h1-12H,14H2/b18-10-. The number of halogens is 2. The van der Waals surface area contributed by atoms with Gasteiger partial charge in [0.25, 0.3) is 5.69 Å². The predicted molar refractivity (Wildman–Crippen MR) is 116 cm³/mol. The molecule has 0 aliphatic heterocycles. The van der Waals surface area contributed by atoms with Crippen LogP contribution in [0.4, 0.5) is 10.1 Å². The molecule has 5 nitrogen and oxygen atoms in total. The van der Waals surface area contributed by atoms with Crippen LogP contribution in [-0.4, -0.2) is 4.92 Å². The summed E-state index contributed by atoms with van der Waals surface area (Å²) in [7, 11) is 0. The van der Waals surface area contributed by atoms with Crippen molar-refractivity contribution in [3.63, 3.8) is 0 Å². The van der Waals surface area contributed by atoms with Crippen LogP contribution in [0.3, 0.4) is 0 Å². The van der Waals surface area contributed by atoms with Gasteiger partial charge in [-0.15, -0.1) is 0 Å². The van der Waals surface area contributed by atoms with Gasteiger partial charge in [0.2, 0.25) is 0 Å². The lowest BCUT2D eigenvalue weighted by Crippen LogP contribution is -1.98. The van der Waals surface area contributed by atoms with E-state index < -0.39 is 10.7 Å². The molecule has 3 aromatic carbocycles. The summed E-state index contributed by atoms with van der Waals surface area (Å²) in [6.45, 7) is 0.274. The van der Waals surface area contributed by atoms with Gasteiger partial charge in [-0.05, 0) is 81.8 Å². The average molecular weight is 500 g/mol. The number of rotatable bonds is 6. The number of benzene rings is 3. The van der Waals surface area contributed by atoms with Crippen LogP contribution in [0.1, 0.15) is 16.7 Å². The van der Waals surface area contributed by atoms with Crippen LogP contribution in [0.25, 0.3) is 11.6 Å². The largest absolute Gasteiger partial charge is 0.488 e. The van der Waals surface area contributed by atoms with Gasteiger partial charge < -0.3 is 4.74 Å². The molecule has 0 atom stereocenters. The Balaban J connectivity index is 1.74. The minimum atomic E-state index is -0.445. The average Bonchev–Trinajstić information content (AvgIpc) is 2.71. The van der Waals surface area contributed by atoms with Crippen molar-refractivity contribution >= 4 is 39.9 Å². The van der Waals surface area contributed by atoms with E-state index in [2.05, 4.69) is 28.7 Å². The molecule has 144 valence electrons. The molecule has 0 saturated heterocycles. The zero-order chi connectivity index (χ0) is 20.8. The summed E-state index contributed by atoms with van der Waals surface area (Å²) in [6, 6.07) is 19.6. The second-order valence-electron chi connectivity index (χ2n) is 6.08. The summed E-state index contributed by atoms with van der Waals surface area (Å²) in [4.78, 5) is 10.3. The van der Waals surface area contributed by atoms with Crippen LogP contribution < -0.4 is 4.74 Å². The van der Waals surface area contributed by atoms with Gasteiger partial charge >= 0.3 is 0 Å². The maximum absolute atomic E-state index is 13.4. The van der Waals surface area contributed by atoms with Crippen molar-refractivity contribution in [3.8, 4) is 11.8 Å². The highest BCUT2D eigenvalue weighted by molar-refractivity contribution is 14.1. The quantitative estimate of drug-likeness (QED) is 0.137. The molecule has 0 aromatic heterocycles. The van der Waals surface area contributed by atoms with Gasteiger partial charge in [-0.1, -0.05) is 18.2 Å². The Morgan fingerprint density at radius 2 is 1.93 bits per heavy atom. The number of non-ortho nitro benzene ring substituents is 1. The molecule has 3 aromatic rings.